The summed E-state index contributed by atoms with van der Waals surface area (Å²) in [6.07, 6.45) is 5.04. The van der Waals surface area contributed by atoms with Gasteiger partial charge < -0.3 is 5.32 Å². The lowest BCUT2D eigenvalue weighted by atomic mass is 10.1. The van der Waals surface area contributed by atoms with Gasteiger partial charge in [-0.25, -0.2) is 4.98 Å². The zero-order valence-electron chi connectivity index (χ0n) is 11.1. The standard InChI is InChI=1S/C14H16N4OS/c19-14(15-7-13-16-9-17-18-13)8-20-12-5-4-10-2-1-3-11(10)6-12/h4-6,9H,1-3,7-8H2,(H,15,19)(H,16,17,18). The molecule has 6 heteroatoms. The van der Waals surface area contributed by atoms with Crippen LogP contribution in [0.15, 0.2) is 29.4 Å². The fourth-order valence-electron chi connectivity index (χ4n) is 2.34. The molecule has 0 unspecified atom stereocenters. The van der Waals surface area contributed by atoms with Crippen LogP contribution in [0.2, 0.25) is 0 Å². The average molecular weight is 288 g/mol. The van der Waals surface area contributed by atoms with Crippen molar-refractivity contribution in [2.45, 2.75) is 30.7 Å². The molecular formula is C14H16N4OS. The van der Waals surface area contributed by atoms with Gasteiger partial charge in [-0.1, -0.05) is 6.07 Å². The maximum Gasteiger partial charge on any atom is 0.230 e. The van der Waals surface area contributed by atoms with Crippen molar-refractivity contribution in [1.29, 1.82) is 0 Å². The van der Waals surface area contributed by atoms with Crippen LogP contribution >= 0.6 is 11.8 Å². The van der Waals surface area contributed by atoms with E-state index in [1.165, 1.54) is 41.6 Å². The summed E-state index contributed by atoms with van der Waals surface area (Å²) in [5.41, 5.74) is 2.90. The zero-order chi connectivity index (χ0) is 13.8. The lowest BCUT2D eigenvalue weighted by Crippen LogP contribution is -2.25. The van der Waals surface area contributed by atoms with Gasteiger partial charge in [0, 0.05) is 4.90 Å². The summed E-state index contributed by atoms with van der Waals surface area (Å²) in [6.45, 7) is 0.392. The number of hydrogen-bond donors (Lipinski definition) is 2. The Hall–Kier alpha value is -1.82. The molecule has 3 rings (SSSR count). The van der Waals surface area contributed by atoms with Crippen molar-refractivity contribution in [3.8, 4) is 0 Å². The van der Waals surface area contributed by atoms with Crippen LogP contribution in [-0.2, 0) is 24.2 Å². The second-order valence-electron chi connectivity index (χ2n) is 4.78. The quantitative estimate of drug-likeness (QED) is 0.822. The number of fused-ring (bicyclic) bond motifs is 1. The Bertz CT molecular complexity index is 597. The lowest BCUT2D eigenvalue weighted by Gasteiger charge is -2.05. The molecule has 104 valence electrons. The predicted octanol–water partition coefficient (Wildman–Crippen LogP) is 1.70. The SMILES string of the molecule is O=C(CSc1ccc2c(c1)CCC2)NCc1ncn[nH]1. The Balaban J connectivity index is 1.48. The highest BCUT2D eigenvalue weighted by atomic mass is 32.2. The van der Waals surface area contributed by atoms with Crippen LogP contribution in [0.4, 0.5) is 0 Å². The van der Waals surface area contributed by atoms with Gasteiger partial charge in [0.2, 0.25) is 5.91 Å². The number of rotatable bonds is 5. The van der Waals surface area contributed by atoms with Gasteiger partial charge in [-0.15, -0.1) is 11.8 Å². The number of hydrogen-bond acceptors (Lipinski definition) is 4. The van der Waals surface area contributed by atoms with Crippen molar-refractivity contribution < 1.29 is 4.79 Å². The van der Waals surface area contributed by atoms with Gasteiger partial charge >= 0.3 is 0 Å². The molecule has 0 spiro atoms. The molecular weight excluding hydrogens is 272 g/mol. The van der Waals surface area contributed by atoms with Crippen LogP contribution < -0.4 is 5.32 Å². The van der Waals surface area contributed by atoms with E-state index in [9.17, 15) is 4.79 Å². The molecule has 0 saturated heterocycles. The monoisotopic (exact) mass is 288 g/mol. The van der Waals surface area contributed by atoms with Crippen LogP contribution in [0, 0.1) is 0 Å². The number of amides is 1. The minimum absolute atomic E-state index is 0.00639. The van der Waals surface area contributed by atoms with Crippen LogP contribution in [-0.4, -0.2) is 26.8 Å². The lowest BCUT2D eigenvalue weighted by molar-refractivity contribution is -0.118. The molecule has 0 bridgehead atoms. The Morgan fingerprint density at radius 2 is 2.25 bits per heavy atom. The van der Waals surface area contributed by atoms with E-state index in [-0.39, 0.29) is 5.91 Å². The zero-order valence-corrected chi connectivity index (χ0v) is 11.9. The number of aromatic amines is 1. The van der Waals surface area contributed by atoms with Gasteiger partial charge in [-0.2, -0.15) is 5.10 Å². The van der Waals surface area contributed by atoms with Gasteiger partial charge in [0.05, 0.1) is 12.3 Å². The third-order valence-electron chi connectivity index (χ3n) is 3.36. The molecule has 1 aromatic heterocycles. The molecule has 2 N–H and O–H groups in total. The molecule has 1 heterocycles. The van der Waals surface area contributed by atoms with E-state index in [1.54, 1.807) is 11.8 Å². The van der Waals surface area contributed by atoms with E-state index in [0.717, 1.165) is 0 Å². The first-order valence-corrected chi connectivity index (χ1v) is 7.65. The molecule has 0 saturated carbocycles. The normalized spacial score (nSPS) is 13.2. The predicted molar refractivity (Wildman–Crippen MR) is 77.4 cm³/mol. The number of aryl methyl sites for hydroxylation is 2. The largest absolute Gasteiger partial charge is 0.348 e. The number of nitrogens with zero attached hydrogens (tertiary/aromatic N) is 2. The molecule has 5 nitrogen and oxygen atoms in total. The van der Waals surface area contributed by atoms with Crippen molar-refractivity contribution in [2.75, 3.05) is 5.75 Å². The molecule has 2 aromatic rings. The second-order valence-corrected chi connectivity index (χ2v) is 5.83. The Kier molecular flexibility index (Phi) is 4.01. The molecule has 1 aliphatic rings. The molecule has 1 amide bonds. The minimum atomic E-state index is 0.00639. The smallest absolute Gasteiger partial charge is 0.230 e. The van der Waals surface area contributed by atoms with Crippen LogP contribution in [0.25, 0.3) is 0 Å². The number of nitrogens with one attached hydrogen (secondary N) is 2. The summed E-state index contributed by atoms with van der Waals surface area (Å²) in [7, 11) is 0. The Morgan fingerprint density at radius 3 is 3.10 bits per heavy atom. The van der Waals surface area contributed by atoms with Crippen molar-refractivity contribution in [2.24, 2.45) is 0 Å². The van der Waals surface area contributed by atoms with E-state index >= 15 is 0 Å². The fraction of sp³-hybridized carbons (Fsp3) is 0.357. The number of carbonyl (C=O) groups excluding carboxylic acids is 1. The second kappa shape index (κ2) is 6.09. The summed E-state index contributed by atoms with van der Waals surface area (Å²) < 4.78 is 0. The molecule has 0 radical (unpaired) electrons. The number of benzene rings is 1. The van der Waals surface area contributed by atoms with Crippen molar-refractivity contribution >= 4 is 17.7 Å². The van der Waals surface area contributed by atoms with E-state index in [0.29, 0.717) is 18.1 Å². The Morgan fingerprint density at radius 1 is 1.35 bits per heavy atom. The fourth-order valence-corrected chi connectivity index (χ4v) is 3.13. The molecule has 0 atom stereocenters. The molecule has 1 aliphatic carbocycles. The minimum Gasteiger partial charge on any atom is -0.348 e. The summed E-state index contributed by atoms with van der Waals surface area (Å²) in [4.78, 5) is 16.9. The van der Waals surface area contributed by atoms with Gasteiger partial charge in [-0.05, 0) is 42.5 Å². The molecule has 0 aliphatic heterocycles. The first kappa shape index (κ1) is 13.2. The maximum absolute atomic E-state index is 11.8. The first-order valence-electron chi connectivity index (χ1n) is 6.67. The summed E-state index contributed by atoms with van der Waals surface area (Å²) >= 11 is 1.57. The highest BCUT2D eigenvalue weighted by molar-refractivity contribution is 8.00. The molecule has 20 heavy (non-hydrogen) atoms. The van der Waals surface area contributed by atoms with Crippen LogP contribution in [0.1, 0.15) is 23.4 Å². The van der Waals surface area contributed by atoms with Gasteiger partial charge in [-0.3, -0.25) is 9.89 Å². The maximum atomic E-state index is 11.8. The van der Waals surface area contributed by atoms with Crippen LogP contribution in [0.5, 0.6) is 0 Å². The summed E-state index contributed by atoms with van der Waals surface area (Å²) in [5, 5.41) is 9.26. The summed E-state index contributed by atoms with van der Waals surface area (Å²) in [5.74, 6) is 1.10. The molecule has 1 aromatic carbocycles. The third-order valence-corrected chi connectivity index (χ3v) is 4.35. The van der Waals surface area contributed by atoms with Crippen molar-refractivity contribution in [1.82, 2.24) is 20.5 Å². The summed E-state index contributed by atoms with van der Waals surface area (Å²) in [6, 6.07) is 6.52. The number of carbonyl (C=O) groups is 1. The number of aromatic nitrogens is 3. The average Bonchev–Trinajstić information content (AvgIpc) is 3.13. The van der Waals surface area contributed by atoms with Crippen LogP contribution in [0.3, 0.4) is 0 Å². The topological polar surface area (TPSA) is 70.7 Å². The van der Waals surface area contributed by atoms with E-state index in [4.69, 9.17) is 0 Å². The highest BCUT2D eigenvalue weighted by Gasteiger charge is 2.11. The van der Waals surface area contributed by atoms with Crippen molar-refractivity contribution in [3.05, 3.63) is 41.5 Å². The van der Waals surface area contributed by atoms with Crippen molar-refractivity contribution in [3.63, 3.8) is 0 Å². The molecule has 0 fully saturated rings. The first-order chi connectivity index (χ1) is 9.81. The van der Waals surface area contributed by atoms with Gasteiger partial charge in [0.25, 0.3) is 0 Å². The Labute approximate surface area is 121 Å². The van der Waals surface area contributed by atoms with E-state index in [2.05, 4.69) is 38.7 Å². The number of thioether (sulfide) groups is 1. The number of H-pyrrole nitrogens is 1. The van der Waals surface area contributed by atoms with Gasteiger partial charge in [0.15, 0.2) is 0 Å². The highest BCUT2D eigenvalue weighted by Crippen LogP contribution is 2.27. The van der Waals surface area contributed by atoms with E-state index < -0.39 is 0 Å². The third kappa shape index (κ3) is 3.19. The van der Waals surface area contributed by atoms with Gasteiger partial charge in [0.1, 0.15) is 12.2 Å². The van der Waals surface area contributed by atoms with E-state index in [1.807, 2.05) is 0 Å².